The van der Waals surface area contributed by atoms with Crippen molar-refractivity contribution in [3.05, 3.63) is 0 Å². The number of aliphatic hydroxyl groups is 4. The number of rotatable bonds is 1. The second-order valence-corrected chi connectivity index (χ2v) is 2.67. The van der Waals surface area contributed by atoms with Crippen LogP contribution in [0.5, 0.6) is 0 Å². The van der Waals surface area contributed by atoms with Gasteiger partial charge in [-0.2, -0.15) is 0 Å². The third kappa shape index (κ3) is 1.79. The van der Waals surface area contributed by atoms with Crippen molar-refractivity contribution in [2.45, 2.75) is 24.6 Å². The molecule has 1 unspecified atom stereocenters. The third-order valence-electron chi connectivity index (χ3n) is 1.86. The molecular weight excluding hydrogens is 182 g/mol. The molecule has 1 rings (SSSR count). The lowest BCUT2D eigenvalue weighted by Gasteiger charge is -2.34. The van der Waals surface area contributed by atoms with Crippen LogP contribution in [0.1, 0.15) is 0 Å². The monoisotopic (exact) mass is 193 g/mol. The molecule has 13 heavy (non-hydrogen) atoms. The topological polar surface area (TPSA) is 123 Å². The fraction of sp³-hybridized carbons (Fsp3) is 0.833. The van der Waals surface area contributed by atoms with Gasteiger partial charge in [0.05, 0.1) is 6.61 Å². The Bertz CT molecular complexity index is 207. The number of aliphatic hydroxyl groups excluding tert-OH is 4. The van der Waals surface area contributed by atoms with Crippen LogP contribution in [0, 0.1) is 0 Å². The fourth-order valence-corrected chi connectivity index (χ4v) is 1.10. The van der Waals surface area contributed by atoms with Gasteiger partial charge in [0.25, 0.3) is 0 Å². The van der Waals surface area contributed by atoms with Crippen LogP contribution >= 0.6 is 0 Å². The molecule has 1 fully saturated rings. The summed E-state index contributed by atoms with van der Waals surface area (Å²) in [4.78, 5) is 0. The summed E-state index contributed by atoms with van der Waals surface area (Å²) in [5.41, 5.74) is -0.475. The zero-order chi connectivity index (χ0) is 10.0. The summed E-state index contributed by atoms with van der Waals surface area (Å²) >= 11 is 0. The fourth-order valence-electron chi connectivity index (χ4n) is 1.10. The van der Waals surface area contributed by atoms with Gasteiger partial charge in [-0.1, -0.05) is 5.16 Å². The largest absolute Gasteiger partial charge is 0.411 e. The van der Waals surface area contributed by atoms with Crippen molar-refractivity contribution in [1.82, 2.24) is 0 Å². The van der Waals surface area contributed by atoms with Gasteiger partial charge in [-0.15, -0.1) is 0 Å². The zero-order valence-corrected chi connectivity index (χ0v) is 6.61. The molecular formula is C6H11NO6. The molecule has 7 heteroatoms. The van der Waals surface area contributed by atoms with Gasteiger partial charge >= 0.3 is 0 Å². The number of ether oxygens (including phenoxy) is 1. The van der Waals surface area contributed by atoms with Gasteiger partial charge in [-0.25, -0.2) is 0 Å². The van der Waals surface area contributed by atoms with Crippen LogP contribution < -0.4 is 0 Å². The number of oxime groups is 1. The summed E-state index contributed by atoms with van der Waals surface area (Å²) in [6, 6.07) is 0. The van der Waals surface area contributed by atoms with E-state index in [9.17, 15) is 10.2 Å². The van der Waals surface area contributed by atoms with E-state index in [0.29, 0.717) is 0 Å². The quantitative estimate of drug-likeness (QED) is 0.227. The van der Waals surface area contributed by atoms with E-state index in [4.69, 9.17) is 15.4 Å². The molecule has 0 amide bonds. The first kappa shape index (κ1) is 10.4. The van der Waals surface area contributed by atoms with Crippen molar-refractivity contribution in [3.8, 4) is 0 Å². The standard InChI is InChI=1S/C6H11NO6/c8-1-2-4(9)5(10)3(7-12)6(11)13-2/h2,4-6,8-12H,1H2/b7-3+/t2-,4-,5-,6?/m1/s1. The van der Waals surface area contributed by atoms with Crippen molar-refractivity contribution >= 4 is 5.71 Å². The van der Waals surface area contributed by atoms with E-state index in [1.54, 1.807) is 0 Å². The predicted molar refractivity (Wildman–Crippen MR) is 39.2 cm³/mol. The molecule has 76 valence electrons. The van der Waals surface area contributed by atoms with E-state index in [1.165, 1.54) is 0 Å². The summed E-state index contributed by atoms with van der Waals surface area (Å²) in [6.45, 7) is -0.548. The highest BCUT2D eigenvalue weighted by Crippen LogP contribution is 2.16. The van der Waals surface area contributed by atoms with Gasteiger partial charge in [0.2, 0.25) is 6.29 Å². The first-order valence-electron chi connectivity index (χ1n) is 3.64. The minimum atomic E-state index is -1.61. The highest BCUT2D eigenvalue weighted by atomic mass is 16.6. The number of hydrogen-bond donors (Lipinski definition) is 5. The Morgan fingerprint density at radius 2 is 1.92 bits per heavy atom. The Kier molecular flexibility index (Phi) is 3.17. The highest BCUT2D eigenvalue weighted by Gasteiger charge is 2.41. The van der Waals surface area contributed by atoms with Crippen molar-refractivity contribution < 1.29 is 30.4 Å². The molecule has 0 radical (unpaired) electrons. The lowest BCUT2D eigenvalue weighted by molar-refractivity contribution is -0.182. The van der Waals surface area contributed by atoms with Crippen molar-refractivity contribution in [2.24, 2.45) is 5.16 Å². The Balaban J connectivity index is 2.79. The zero-order valence-electron chi connectivity index (χ0n) is 6.61. The molecule has 0 aliphatic carbocycles. The van der Waals surface area contributed by atoms with Crippen LogP contribution in [-0.4, -0.2) is 62.6 Å². The van der Waals surface area contributed by atoms with Gasteiger partial charge in [0.15, 0.2) is 0 Å². The minimum absolute atomic E-state index is 0.475. The van der Waals surface area contributed by atoms with Gasteiger partial charge in [-0.05, 0) is 0 Å². The maximum Gasteiger partial charge on any atom is 0.201 e. The van der Waals surface area contributed by atoms with Crippen molar-refractivity contribution in [3.63, 3.8) is 0 Å². The van der Waals surface area contributed by atoms with Crippen LogP contribution in [0.25, 0.3) is 0 Å². The molecule has 0 bridgehead atoms. The molecule has 1 saturated heterocycles. The lowest BCUT2D eigenvalue weighted by atomic mass is 10.0. The van der Waals surface area contributed by atoms with Gasteiger partial charge < -0.3 is 30.4 Å². The molecule has 0 spiro atoms. The molecule has 0 aromatic rings. The molecule has 0 aromatic heterocycles. The van der Waals surface area contributed by atoms with E-state index >= 15 is 0 Å². The molecule has 0 aromatic carbocycles. The first-order chi connectivity index (χ1) is 6.11. The molecule has 0 saturated carbocycles. The van der Waals surface area contributed by atoms with Crippen LogP contribution in [0.4, 0.5) is 0 Å². The summed E-state index contributed by atoms with van der Waals surface area (Å²) < 4.78 is 4.63. The summed E-state index contributed by atoms with van der Waals surface area (Å²) in [5, 5.41) is 47.0. The van der Waals surface area contributed by atoms with Gasteiger partial charge in [-0.3, -0.25) is 0 Å². The van der Waals surface area contributed by atoms with E-state index in [-0.39, 0.29) is 0 Å². The Morgan fingerprint density at radius 3 is 2.38 bits per heavy atom. The normalized spacial score (nSPS) is 43.8. The van der Waals surface area contributed by atoms with E-state index < -0.39 is 36.9 Å². The third-order valence-corrected chi connectivity index (χ3v) is 1.86. The summed E-state index contributed by atoms with van der Waals surface area (Å²) in [6.07, 6.45) is -5.65. The van der Waals surface area contributed by atoms with E-state index in [1.807, 2.05) is 0 Å². The summed E-state index contributed by atoms with van der Waals surface area (Å²) in [5.74, 6) is 0. The molecule has 1 aliphatic rings. The Labute approximate surface area is 73.5 Å². The lowest BCUT2D eigenvalue weighted by Crippen LogP contribution is -2.56. The molecule has 7 nitrogen and oxygen atoms in total. The maximum atomic E-state index is 9.22. The molecule has 1 heterocycles. The molecule has 5 N–H and O–H groups in total. The average Bonchev–Trinajstić information content (AvgIpc) is 2.12. The minimum Gasteiger partial charge on any atom is -0.411 e. The van der Waals surface area contributed by atoms with Crippen LogP contribution in [0.15, 0.2) is 5.16 Å². The maximum absolute atomic E-state index is 9.22. The Hall–Kier alpha value is -0.730. The number of hydrogen-bond acceptors (Lipinski definition) is 7. The average molecular weight is 193 g/mol. The highest BCUT2D eigenvalue weighted by molar-refractivity contribution is 5.92. The SMILES string of the molecule is OC[C@H]1OC(O)/C(=N/O)[C@@H](O)[C@@H]1O. The Morgan fingerprint density at radius 1 is 1.31 bits per heavy atom. The van der Waals surface area contributed by atoms with Crippen LogP contribution in [0.3, 0.4) is 0 Å². The van der Waals surface area contributed by atoms with Crippen molar-refractivity contribution in [1.29, 1.82) is 0 Å². The summed E-state index contributed by atoms with van der Waals surface area (Å²) in [7, 11) is 0. The van der Waals surface area contributed by atoms with Crippen LogP contribution in [0.2, 0.25) is 0 Å². The number of nitrogens with zero attached hydrogens (tertiary/aromatic N) is 1. The van der Waals surface area contributed by atoms with E-state index in [0.717, 1.165) is 0 Å². The van der Waals surface area contributed by atoms with Crippen molar-refractivity contribution in [2.75, 3.05) is 6.61 Å². The molecule has 4 atom stereocenters. The van der Waals surface area contributed by atoms with Gasteiger partial charge in [0, 0.05) is 0 Å². The first-order valence-corrected chi connectivity index (χ1v) is 3.64. The smallest absolute Gasteiger partial charge is 0.201 e. The second-order valence-electron chi connectivity index (χ2n) is 2.67. The van der Waals surface area contributed by atoms with Crippen LogP contribution in [-0.2, 0) is 4.74 Å². The predicted octanol–water partition coefficient (Wildman–Crippen LogP) is -2.75. The van der Waals surface area contributed by atoms with E-state index in [2.05, 4.69) is 9.89 Å². The second kappa shape index (κ2) is 3.99. The van der Waals surface area contributed by atoms with Gasteiger partial charge in [0.1, 0.15) is 24.0 Å². The molecule has 1 aliphatic heterocycles.